The molecular formula is C78H41N14O+. The average molecular weight is 1190 g/mol. The summed E-state index contributed by atoms with van der Waals surface area (Å²) in [4.78, 5) is 35.8. The molecule has 15 rings (SSSR count). The van der Waals surface area contributed by atoms with Crippen molar-refractivity contribution in [1.82, 2.24) is 29.9 Å². The first-order valence-electron chi connectivity index (χ1n) is 29.3. The first-order chi connectivity index (χ1) is 45.8. The van der Waals surface area contributed by atoms with E-state index in [0.29, 0.717) is 5.69 Å². The fraction of sp³-hybridized carbons (Fsp3) is 0. The number of anilines is 6. The lowest BCUT2D eigenvalue weighted by molar-refractivity contribution is 0.669. The summed E-state index contributed by atoms with van der Waals surface area (Å²) in [6.45, 7) is 0. The monoisotopic (exact) mass is 1190 g/mol. The Morgan fingerprint density at radius 1 is 0.269 bits per heavy atom. The molecule has 0 aliphatic rings. The molecule has 4 heterocycles. The van der Waals surface area contributed by atoms with Crippen molar-refractivity contribution in [2.45, 2.75) is 0 Å². The van der Waals surface area contributed by atoms with E-state index in [1.54, 1.807) is 0 Å². The van der Waals surface area contributed by atoms with Gasteiger partial charge in [-0.3, -0.25) is 0 Å². The summed E-state index contributed by atoms with van der Waals surface area (Å²) in [5, 5.41) is 51.6. The minimum Gasteiger partial charge on any atom is -0.456 e. The van der Waals surface area contributed by atoms with Crippen LogP contribution in [-0.2, 0) is 0 Å². The molecule has 0 radical (unpaired) electrons. The minimum absolute atomic E-state index is 0.00372. The third kappa shape index (κ3) is 10.2. The Morgan fingerprint density at radius 2 is 0.516 bits per heavy atom. The molecule has 0 amide bonds. The molecule has 0 saturated heterocycles. The van der Waals surface area contributed by atoms with Crippen molar-refractivity contribution in [2.24, 2.45) is 0 Å². The van der Waals surface area contributed by atoms with Crippen LogP contribution in [-0.4, -0.2) is 29.9 Å². The van der Waals surface area contributed by atoms with Crippen molar-refractivity contribution >= 4 is 94.9 Å². The van der Waals surface area contributed by atoms with Crippen molar-refractivity contribution < 1.29 is 4.42 Å². The molecule has 0 spiro atoms. The number of hydrogen-bond donors (Lipinski definition) is 0. The van der Waals surface area contributed by atoms with E-state index in [2.05, 4.69) is 239 Å². The predicted molar refractivity (Wildman–Crippen MR) is 360 cm³/mol. The van der Waals surface area contributed by atoms with Gasteiger partial charge in [-0.1, -0.05) is 140 Å². The van der Waals surface area contributed by atoms with Crippen LogP contribution in [0.25, 0.3) is 104 Å². The first-order valence-corrected chi connectivity index (χ1v) is 29.3. The molecule has 0 saturated carbocycles. The van der Waals surface area contributed by atoms with Crippen molar-refractivity contribution in [2.75, 3.05) is 9.80 Å². The largest absolute Gasteiger partial charge is 0.456 e. The molecular weight excluding hydrogens is 1150 g/mol. The standard InChI is InChI=1S/C78H41N14O/c79-42-65-66(43-80)87-75-73(85-65)74-76(88-68(45-82)67(44-81)86-74)78-77(75)89-69(46-83)70(90-78)47-84-56-26-16-51(17-27-56)55-24-34-60(35-25-55)92(59-32-22-54(23-33-59)50-14-8-3-9-15-50)62-37-39-72-64(41-62)63-40-61(36-38-71(63)93-72)91(57-28-18-52(19-29-57)48-10-4-1-5-11-48)58-30-20-53(21-31-58)49-12-6-2-7-13-49/h1-41H/q+1. The van der Waals surface area contributed by atoms with E-state index in [1.807, 2.05) is 91.0 Å². The second kappa shape index (κ2) is 23.5. The summed E-state index contributed by atoms with van der Waals surface area (Å²) in [6, 6.07) is 98.2. The van der Waals surface area contributed by atoms with E-state index in [1.165, 1.54) is 0 Å². The zero-order valence-corrected chi connectivity index (χ0v) is 48.8. The van der Waals surface area contributed by atoms with Gasteiger partial charge in [0.2, 0.25) is 5.69 Å². The fourth-order valence-electron chi connectivity index (χ4n) is 11.6. The maximum absolute atomic E-state index is 10.3. The van der Waals surface area contributed by atoms with Gasteiger partial charge in [-0.2, -0.15) is 26.3 Å². The van der Waals surface area contributed by atoms with Crippen LogP contribution in [0.4, 0.5) is 39.8 Å². The van der Waals surface area contributed by atoms with Crippen LogP contribution in [0.3, 0.4) is 0 Å². The number of furan rings is 1. The molecule has 4 aromatic heterocycles. The van der Waals surface area contributed by atoms with E-state index < -0.39 is 0 Å². The number of hydrogen-bond acceptors (Lipinski definition) is 14. The van der Waals surface area contributed by atoms with Gasteiger partial charge >= 0.3 is 11.8 Å². The lowest BCUT2D eigenvalue weighted by Crippen LogP contribution is -2.10. The number of nitrogens with zero attached hydrogens (tertiary/aromatic N) is 14. The zero-order chi connectivity index (χ0) is 62.9. The Balaban J connectivity index is 0.775. The molecule has 93 heavy (non-hydrogen) atoms. The highest BCUT2D eigenvalue weighted by Gasteiger charge is 2.25. The molecule has 15 aromatic rings. The minimum atomic E-state index is -0.298. The number of fused-ring (bicyclic) bond motifs is 9. The van der Waals surface area contributed by atoms with E-state index in [9.17, 15) is 26.3 Å². The Hall–Kier alpha value is -14.2. The average Bonchev–Trinajstić information content (AvgIpc) is 1.06. The van der Waals surface area contributed by atoms with Crippen molar-refractivity contribution in [3.8, 4) is 80.9 Å². The number of rotatable bonds is 10. The lowest BCUT2D eigenvalue weighted by atomic mass is 10.0. The Kier molecular flexibility index (Phi) is 14.0. The molecule has 0 fully saturated rings. The second-order valence-corrected chi connectivity index (χ2v) is 21.6. The van der Waals surface area contributed by atoms with Crippen molar-refractivity contribution in [1.29, 1.82) is 26.3 Å². The molecule has 0 atom stereocenters. The van der Waals surface area contributed by atoms with Gasteiger partial charge in [0.05, 0.1) is 0 Å². The Labute approximate surface area is 531 Å². The molecule has 11 aromatic carbocycles. The third-order valence-corrected chi connectivity index (χ3v) is 16.2. The molecule has 15 heteroatoms. The molecule has 0 aliphatic heterocycles. The summed E-state index contributed by atoms with van der Waals surface area (Å²) < 4.78 is 6.62. The maximum Gasteiger partial charge on any atom is 0.343 e. The van der Waals surface area contributed by atoms with E-state index >= 15 is 0 Å². The van der Waals surface area contributed by atoms with Gasteiger partial charge in [-0.15, -0.1) is 0 Å². The summed E-state index contributed by atoms with van der Waals surface area (Å²) in [7, 11) is 0. The van der Waals surface area contributed by atoms with Crippen LogP contribution in [0.5, 0.6) is 0 Å². The predicted octanol–water partition coefficient (Wildman–Crippen LogP) is 18.4. The van der Waals surface area contributed by atoms with Crippen LogP contribution in [0.2, 0.25) is 0 Å². The Bertz CT molecular complexity index is 5650. The van der Waals surface area contributed by atoms with Gasteiger partial charge in [0.15, 0.2) is 28.5 Å². The normalized spacial score (nSPS) is 10.9. The SMILES string of the molecule is N#Cc1nc2c3nc(C#N)c(C#N)nc3c3nc(C#[N+]c4ccc(-c5ccc(N(c6ccc(-c7ccccc7)cc6)c6ccc7oc8ccc(N(c9ccc(-c%10ccccc%10)cc9)c9ccc(-c%10ccccc%10)cc9)cc8c7c6)cc5)cc4)c(C#N)nc3c2nc1C#N. The number of nitriles is 5. The van der Waals surface area contributed by atoms with Gasteiger partial charge in [-0.05, 0) is 146 Å². The van der Waals surface area contributed by atoms with Gasteiger partial charge in [0, 0.05) is 57.0 Å². The van der Waals surface area contributed by atoms with Crippen LogP contribution in [0.1, 0.15) is 34.2 Å². The number of benzene rings is 11. The van der Waals surface area contributed by atoms with Crippen LogP contribution in [0.15, 0.2) is 253 Å². The maximum atomic E-state index is 10.3. The molecule has 15 nitrogen and oxygen atoms in total. The fourth-order valence-corrected chi connectivity index (χ4v) is 11.6. The first kappa shape index (κ1) is 55.4. The van der Waals surface area contributed by atoms with Crippen molar-refractivity contribution in [3.05, 3.63) is 288 Å². The highest BCUT2D eigenvalue weighted by atomic mass is 16.3. The molecule has 428 valence electrons. The molecule has 0 N–H and O–H groups in total. The molecule has 0 bridgehead atoms. The second-order valence-electron chi connectivity index (χ2n) is 21.6. The molecule has 0 unspecified atom stereocenters. The van der Waals surface area contributed by atoms with Crippen LogP contribution >= 0.6 is 0 Å². The topological polar surface area (TPSA) is 220 Å². The van der Waals surface area contributed by atoms with Crippen LogP contribution in [0, 0.1) is 62.7 Å². The third-order valence-electron chi connectivity index (χ3n) is 16.2. The smallest absolute Gasteiger partial charge is 0.343 e. The number of aromatic nitrogens is 6. The van der Waals surface area contributed by atoms with Crippen molar-refractivity contribution in [3.63, 3.8) is 0 Å². The Morgan fingerprint density at radius 3 is 0.806 bits per heavy atom. The highest BCUT2D eigenvalue weighted by Crippen LogP contribution is 2.44. The van der Waals surface area contributed by atoms with Gasteiger partial charge < -0.3 is 14.2 Å². The summed E-state index contributed by atoms with van der Waals surface area (Å²) >= 11 is 0. The molecule has 0 aliphatic carbocycles. The van der Waals surface area contributed by atoms with E-state index in [-0.39, 0.29) is 67.3 Å². The zero-order valence-electron chi connectivity index (χ0n) is 48.8. The summed E-state index contributed by atoms with van der Waals surface area (Å²) in [6.07, 6.45) is 0. The quantitative estimate of drug-likeness (QED) is 0.116. The van der Waals surface area contributed by atoms with E-state index in [0.717, 1.165) is 101 Å². The lowest BCUT2D eigenvalue weighted by Gasteiger charge is -2.26. The summed E-state index contributed by atoms with van der Waals surface area (Å²) in [5.74, 6) is 0. The highest BCUT2D eigenvalue weighted by molar-refractivity contribution is 6.18. The summed E-state index contributed by atoms with van der Waals surface area (Å²) in [5.41, 5.74) is 15.1. The van der Waals surface area contributed by atoms with Gasteiger partial charge in [-0.25, -0.2) is 29.9 Å². The van der Waals surface area contributed by atoms with Gasteiger partial charge in [0.1, 0.15) is 74.6 Å². The van der Waals surface area contributed by atoms with E-state index in [4.69, 9.17) is 4.42 Å². The van der Waals surface area contributed by atoms with Gasteiger partial charge in [0.25, 0.3) is 0 Å². The van der Waals surface area contributed by atoms with Crippen LogP contribution < -0.4 is 9.80 Å².